The maximum Gasteiger partial charge on any atom is 0.0778 e. The highest BCUT2D eigenvalue weighted by Crippen LogP contribution is 2.19. The van der Waals surface area contributed by atoms with Gasteiger partial charge in [0.2, 0.25) is 0 Å². The molecule has 1 aliphatic rings. The van der Waals surface area contributed by atoms with Crippen LogP contribution in [-0.2, 0) is 9.47 Å². The van der Waals surface area contributed by atoms with E-state index in [1.165, 1.54) is 0 Å². The monoisotopic (exact) mass is 232 g/mol. The number of ether oxygens (including phenoxy) is 2. The summed E-state index contributed by atoms with van der Waals surface area (Å²) in [6.45, 7) is 4.35. The van der Waals surface area contributed by atoms with Crippen LogP contribution < -0.4 is 0 Å². The molecule has 2 N–H and O–H groups in total. The molecule has 0 radical (unpaired) electrons. The maximum atomic E-state index is 9.73. The first-order valence-electron chi connectivity index (χ1n) is 6.25. The Morgan fingerprint density at radius 1 is 1.50 bits per heavy atom. The molecule has 3 unspecified atom stereocenters. The molecule has 16 heavy (non-hydrogen) atoms. The molecule has 1 aliphatic heterocycles. The Hall–Kier alpha value is -0.160. The molecular formula is C12H24O4. The van der Waals surface area contributed by atoms with Crippen LogP contribution in [0.1, 0.15) is 32.6 Å². The van der Waals surface area contributed by atoms with Crippen molar-refractivity contribution in [2.45, 2.75) is 44.8 Å². The molecule has 1 rings (SSSR count). The lowest BCUT2D eigenvalue weighted by atomic mass is 9.93. The summed E-state index contributed by atoms with van der Waals surface area (Å²) in [6, 6.07) is 0. The smallest absolute Gasteiger partial charge is 0.0778 e. The van der Waals surface area contributed by atoms with Crippen molar-refractivity contribution in [1.82, 2.24) is 0 Å². The predicted molar refractivity (Wildman–Crippen MR) is 61.3 cm³/mol. The highest BCUT2D eigenvalue weighted by molar-refractivity contribution is 4.75. The second-order valence-corrected chi connectivity index (χ2v) is 4.51. The van der Waals surface area contributed by atoms with Gasteiger partial charge in [-0.1, -0.05) is 13.3 Å². The molecule has 1 fully saturated rings. The zero-order valence-corrected chi connectivity index (χ0v) is 10.1. The summed E-state index contributed by atoms with van der Waals surface area (Å²) in [6.07, 6.45) is 2.55. The summed E-state index contributed by atoms with van der Waals surface area (Å²) in [7, 11) is 0. The summed E-state index contributed by atoms with van der Waals surface area (Å²) >= 11 is 0. The van der Waals surface area contributed by atoms with E-state index in [0.29, 0.717) is 39.3 Å². The minimum Gasteiger partial charge on any atom is -0.393 e. The van der Waals surface area contributed by atoms with Crippen LogP contribution in [0.15, 0.2) is 0 Å². The summed E-state index contributed by atoms with van der Waals surface area (Å²) in [4.78, 5) is 0. The molecule has 96 valence electrons. The fourth-order valence-electron chi connectivity index (χ4n) is 1.89. The highest BCUT2D eigenvalue weighted by Gasteiger charge is 2.25. The SMILES string of the molecule is CCCCOCC(O)CC1COCCC1O. The summed E-state index contributed by atoms with van der Waals surface area (Å²) in [5, 5.41) is 19.4. The maximum absolute atomic E-state index is 9.73. The van der Waals surface area contributed by atoms with Gasteiger partial charge in [0.1, 0.15) is 0 Å². The predicted octanol–water partition coefficient (Wildman–Crippen LogP) is 0.951. The van der Waals surface area contributed by atoms with Gasteiger partial charge in [-0.25, -0.2) is 0 Å². The number of hydrogen-bond donors (Lipinski definition) is 2. The Kier molecular flexibility index (Phi) is 6.96. The Bertz CT molecular complexity index is 174. The highest BCUT2D eigenvalue weighted by atomic mass is 16.5. The lowest BCUT2D eigenvalue weighted by molar-refractivity contribution is -0.0616. The van der Waals surface area contributed by atoms with Crippen molar-refractivity contribution in [3.05, 3.63) is 0 Å². The van der Waals surface area contributed by atoms with Crippen molar-refractivity contribution in [3.63, 3.8) is 0 Å². The second kappa shape index (κ2) is 8.01. The van der Waals surface area contributed by atoms with Crippen molar-refractivity contribution in [2.75, 3.05) is 26.4 Å². The summed E-state index contributed by atoms with van der Waals surface area (Å²) in [5.74, 6) is 0.0542. The molecule has 4 heteroatoms. The van der Waals surface area contributed by atoms with Gasteiger partial charge in [-0.15, -0.1) is 0 Å². The Labute approximate surface area is 97.6 Å². The fraction of sp³-hybridized carbons (Fsp3) is 1.00. The number of rotatable bonds is 7. The van der Waals surface area contributed by atoms with Crippen molar-refractivity contribution in [2.24, 2.45) is 5.92 Å². The molecule has 1 heterocycles. The van der Waals surface area contributed by atoms with Crippen molar-refractivity contribution >= 4 is 0 Å². The van der Waals surface area contributed by atoms with Gasteiger partial charge in [0, 0.05) is 19.1 Å². The average Bonchev–Trinajstić information content (AvgIpc) is 2.28. The van der Waals surface area contributed by atoms with Crippen LogP contribution in [0.4, 0.5) is 0 Å². The zero-order valence-electron chi connectivity index (χ0n) is 10.1. The number of aliphatic hydroxyl groups excluding tert-OH is 2. The van der Waals surface area contributed by atoms with E-state index in [4.69, 9.17) is 9.47 Å². The summed E-state index contributed by atoms with van der Waals surface area (Å²) < 4.78 is 10.6. The second-order valence-electron chi connectivity index (χ2n) is 4.51. The third-order valence-corrected chi connectivity index (χ3v) is 2.96. The van der Waals surface area contributed by atoms with Crippen LogP contribution in [0.5, 0.6) is 0 Å². The largest absolute Gasteiger partial charge is 0.393 e. The average molecular weight is 232 g/mol. The van der Waals surface area contributed by atoms with E-state index in [0.717, 1.165) is 12.8 Å². The number of aliphatic hydroxyl groups is 2. The minimum atomic E-state index is -0.488. The topological polar surface area (TPSA) is 58.9 Å². The van der Waals surface area contributed by atoms with Gasteiger partial charge in [0.25, 0.3) is 0 Å². The van der Waals surface area contributed by atoms with Gasteiger partial charge in [0.15, 0.2) is 0 Å². The van der Waals surface area contributed by atoms with Crippen LogP contribution in [0, 0.1) is 5.92 Å². The van der Waals surface area contributed by atoms with E-state index < -0.39 is 6.10 Å². The molecule has 4 nitrogen and oxygen atoms in total. The Morgan fingerprint density at radius 3 is 3.00 bits per heavy atom. The molecule has 0 aromatic carbocycles. The molecule has 0 saturated carbocycles. The van der Waals surface area contributed by atoms with E-state index in [1.807, 2.05) is 0 Å². The Balaban J connectivity index is 2.09. The van der Waals surface area contributed by atoms with Gasteiger partial charge in [-0.3, -0.25) is 0 Å². The van der Waals surface area contributed by atoms with E-state index in [9.17, 15) is 10.2 Å². The van der Waals surface area contributed by atoms with Crippen LogP contribution in [0.3, 0.4) is 0 Å². The molecule has 0 spiro atoms. The van der Waals surface area contributed by atoms with Gasteiger partial charge >= 0.3 is 0 Å². The first-order chi connectivity index (χ1) is 7.74. The van der Waals surface area contributed by atoms with Crippen molar-refractivity contribution in [3.8, 4) is 0 Å². The molecule has 0 aliphatic carbocycles. The first kappa shape index (κ1) is 13.9. The molecule has 1 saturated heterocycles. The lowest BCUT2D eigenvalue weighted by Gasteiger charge is -2.29. The number of hydrogen-bond acceptors (Lipinski definition) is 4. The van der Waals surface area contributed by atoms with Gasteiger partial charge in [0.05, 0.1) is 25.4 Å². The van der Waals surface area contributed by atoms with Crippen LogP contribution in [-0.4, -0.2) is 48.8 Å². The lowest BCUT2D eigenvalue weighted by Crippen LogP contribution is -2.35. The van der Waals surface area contributed by atoms with Crippen molar-refractivity contribution in [1.29, 1.82) is 0 Å². The zero-order chi connectivity index (χ0) is 11.8. The molecule has 0 amide bonds. The molecule has 0 aromatic heterocycles. The normalized spacial score (nSPS) is 27.9. The standard InChI is InChI=1S/C12H24O4/c1-2-3-5-15-9-11(13)7-10-8-16-6-4-12(10)14/h10-14H,2-9H2,1H3. The van der Waals surface area contributed by atoms with Crippen LogP contribution >= 0.6 is 0 Å². The van der Waals surface area contributed by atoms with Crippen molar-refractivity contribution < 1.29 is 19.7 Å². The van der Waals surface area contributed by atoms with Gasteiger partial charge in [-0.05, 0) is 19.3 Å². The third kappa shape index (κ3) is 5.25. The van der Waals surface area contributed by atoms with Gasteiger partial charge < -0.3 is 19.7 Å². The van der Waals surface area contributed by atoms with E-state index in [2.05, 4.69) is 6.92 Å². The van der Waals surface area contributed by atoms with E-state index >= 15 is 0 Å². The van der Waals surface area contributed by atoms with Crippen LogP contribution in [0.2, 0.25) is 0 Å². The fourth-order valence-corrected chi connectivity index (χ4v) is 1.89. The third-order valence-electron chi connectivity index (χ3n) is 2.96. The van der Waals surface area contributed by atoms with E-state index in [-0.39, 0.29) is 12.0 Å². The minimum absolute atomic E-state index is 0.0542. The first-order valence-corrected chi connectivity index (χ1v) is 6.25. The summed E-state index contributed by atoms with van der Waals surface area (Å²) in [5.41, 5.74) is 0. The molecule has 0 bridgehead atoms. The molecule has 0 aromatic rings. The quantitative estimate of drug-likeness (QED) is 0.642. The van der Waals surface area contributed by atoms with Gasteiger partial charge in [-0.2, -0.15) is 0 Å². The molecule has 3 atom stereocenters. The van der Waals surface area contributed by atoms with E-state index in [1.54, 1.807) is 0 Å². The Morgan fingerprint density at radius 2 is 2.31 bits per heavy atom. The van der Waals surface area contributed by atoms with Crippen LogP contribution in [0.25, 0.3) is 0 Å². The number of unbranched alkanes of at least 4 members (excludes halogenated alkanes) is 1. The molecular weight excluding hydrogens is 208 g/mol.